The van der Waals surface area contributed by atoms with Crippen LogP contribution in [0.3, 0.4) is 0 Å². The van der Waals surface area contributed by atoms with Gasteiger partial charge >= 0.3 is 12.1 Å². The van der Waals surface area contributed by atoms with Crippen molar-refractivity contribution >= 4 is 23.2 Å². The van der Waals surface area contributed by atoms with Gasteiger partial charge in [0, 0.05) is 30.8 Å². The number of rotatable bonds is 3. The summed E-state index contributed by atoms with van der Waals surface area (Å²) in [6, 6.07) is 12.1. The topological polar surface area (TPSA) is 95.7 Å². The Morgan fingerprint density at radius 1 is 1.21 bits per heavy atom. The normalized spacial score (nSPS) is 17.2. The molecular formula is C22H20F3N3O4S. The van der Waals surface area contributed by atoms with Crippen LogP contribution in [0.25, 0.3) is 10.6 Å². The summed E-state index contributed by atoms with van der Waals surface area (Å²) >= 11 is 1.51. The van der Waals surface area contributed by atoms with Crippen molar-refractivity contribution in [1.29, 1.82) is 0 Å². The lowest BCUT2D eigenvalue weighted by atomic mass is 9.86. The van der Waals surface area contributed by atoms with Gasteiger partial charge in [-0.1, -0.05) is 30.3 Å². The molecule has 1 amide bonds. The zero-order valence-corrected chi connectivity index (χ0v) is 18.1. The van der Waals surface area contributed by atoms with E-state index in [1.807, 2.05) is 36.4 Å². The van der Waals surface area contributed by atoms with Crippen LogP contribution >= 0.6 is 11.3 Å². The van der Waals surface area contributed by atoms with Gasteiger partial charge in [0.25, 0.3) is 5.91 Å². The number of aliphatic carboxylic acids is 1. The predicted molar refractivity (Wildman–Crippen MR) is 114 cm³/mol. The van der Waals surface area contributed by atoms with Crippen LogP contribution in [0.15, 0.2) is 53.3 Å². The first-order chi connectivity index (χ1) is 15.7. The third-order valence-electron chi connectivity index (χ3n) is 5.60. The van der Waals surface area contributed by atoms with Gasteiger partial charge in [-0.05, 0) is 18.9 Å². The van der Waals surface area contributed by atoms with Gasteiger partial charge in [0.05, 0.1) is 23.8 Å². The lowest BCUT2D eigenvalue weighted by Crippen LogP contribution is -2.49. The summed E-state index contributed by atoms with van der Waals surface area (Å²) in [5, 5.41) is 11.3. The average Bonchev–Trinajstić information content (AvgIpc) is 3.50. The molecular weight excluding hydrogens is 459 g/mol. The number of halogens is 3. The molecule has 1 spiro atoms. The maximum atomic E-state index is 12.6. The smallest absolute Gasteiger partial charge is 0.475 e. The molecule has 5 rings (SSSR count). The number of hydrogen-bond donors (Lipinski definition) is 2. The minimum atomic E-state index is -5.08. The number of carbonyl (C=O) groups excluding carboxylic acids is 1. The Kier molecular flexibility index (Phi) is 6.26. The second kappa shape index (κ2) is 8.99. The number of likely N-dealkylation sites (tertiary alicyclic amines) is 1. The molecule has 0 radical (unpaired) electrons. The number of benzene rings is 1. The van der Waals surface area contributed by atoms with Crippen molar-refractivity contribution in [1.82, 2.24) is 15.2 Å². The summed E-state index contributed by atoms with van der Waals surface area (Å²) in [6.07, 6.45) is 0.208. The number of amides is 1. The van der Waals surface area contributed by atoms with E-state index in [1.165, 1.54) is 16.9 Å². The van der Waals surface area contributed by atoms with Gasteiger partial charge in [-0.25, -0.2) is 9.78 Å². The number of piperidine rings is 1. The number of hydrogen-bond acceptors (Lipinski definition) is 6. The van der Waals surface area contributed by atoms with Crippen molar-refractivity contribution in [3.05, 3.63) is 65.1 Å². The molecule has 11 heteroatoms. The third-order valence-corrected chi connectivity index (χ3v) is 6.70. The van der Waals surface area contributed by atoms with Crippen molar-refractivity contribution < 1.29 is 32.3 Å². The maximum absolute atomic E-state index is 12.6. The van der Waals surface area contributed by atoms with Gasteiger partial charge in [-0.15, -0.1) is 11.3 Å². The summed E-state index contributed by atoms with van der Waals surface area (Å²) in [7, 11) is 0. The van der Waals surface area contributed by atoms with Crippen molar-refractivity contribution in [3.8, 4) is 10.6 Å². The Balaban J connectivity index is 0.000000325. The Labute approximate surface area is 190 Å². The van der Waals surface area contributed by atoms with E-state index in [-0.39, 0.29) is 11.4 Å². The minimum absolute atomic E-state index is 0.0305. The van der Waals surface area contributed by atoms with Gasteiger partial charge in [0.2, 0.25) is 0 Å². The average molecular weight is 479 g/mol. The number of carboxylic acid groups (broad SMARTS) is 1. The zero-order chi connectivity index (χ0) is 23.6. The molecule has 2 N–H and O–H groups in total. The number of furan rings is 1. The Morgan fingerprint density at radius 3 is 2.45 bits per heavy atom. The molecule has 1 fully saturated rings. The maximum Gasteiger partial charge on any atom is 0.490 e. The molecule has 0 bridgehead atoms. The Morgan fingerprint density at radius 2 is 1.88 bits per heavy atom. The van der Waals surface area contributed by atoms with E-state index in [0.29, 0.717) is 0 Å². The Bertz CT molecular complexity index is 1120. The number of thiazole rings is 1. The first kappa shape index (κ1) is 23.0. The molecule has 3 aromatic rings. The first-order valence-electron chi connectivity index (χ1n) is 10.1. The molecule has 2 aromatic heterocycles. The third kappa shape index (κ3) is 4.93. The molecule has 174 valence electrons. The molecule has 0 saturated carbocycles. The highest BCUT2D eigenvalue weighted by Crippen LogP contribution is 2.43. The highest BCUT2D eigenvalue weighted by Gasteiger charge is 2.47. The number of alkyl halides is 3. The standard InChI is InChI=1S/C20H19N3O2S.C2HF3O2/c24-18-16-17(21-19(26-16)15-4-2-1-3-5-15)20(22-18)7-9-23(10-8-20)12-14-6-11-25-13-14;3-2(4,5)1(6)7/h1-6,11,13H,7-10,12H2,(H,22,24);(H,6,7). The summed E-state index contributed by atoms with van der Waals surface area (Å²) in [5.41, 5.74) is 2.92. The Hall–Kier alpha value is -3.18. The first-order valence-corrected chi connectivity index (χ1v) is 10.9. The van der Waals surface area contributed by atoms with Crippen LogP contribution in [-0.4, -0.2) is 46.1 Å². The van der Waals surface area contributed by atoms with Crippen molar-refractivity contribution in [2.45, 2.75) is 31.1 Å². The summed E-state index contributed by atoms with van der Waals surface area (Å²) < 4.78 is 36.9. The number of carbonyl (C=O) groups is 2. The van der Waals surface area contributed by atoms with Gasteiger partial charge in [-0.2, -0.15) is 13.2 Å². The highest BCUT2D eigenvalue weighted by molar-refractivity contribution is 7.17. The SMILES string of the molecule is O=C(O)C(F)(F)F.O=C1NC2(CCN(Cc3ccoc3)CC2)c2nc(-c3ccccc3)sc21. The number of aromatic nitrogens is 1. The lowest BCUT2D eigenvalue weighted by molar-refractivity contribution is -0.192. The molecule has 2 aliphatic rings. The van der Waals surface area contributed by atoms with Crippen molar-refractivity contribution in [3.63, 3.8) is 0 Å². The van der Waals surface area contributed by atoms with Gasteiger partial charge < -0.3 is 14.8 Å². The lowest BCUT2D eigenvalue weighted by Gasteiger charge is -2.38. The summed E-state index contributed by atoms with van der Waals surface area (Å²) in [6.45, 7) is 2.76. The fourth-order valence-electron chi connectivity index (χ4n) is 3.93. The van der Waals surface area contributed by atoms with Crippen LogP contribution in [0, 0.1) is 0 Å². The van der Waals surface area contributed by atoms with Crippen LogP contribution in [0.2, 0.25) is 0 Å². The molecule has 1 aromatic carbocycles. The van der Waals surface area contributed by atoms with Crippen LogP contribution in [0.5, 0.6) is 0 Å². The molecule has 0 atom stereocenters. The molecule has 0 unspecified atom stereocenters. The number of carboxylic acids is 1. The van der Waals surface area contributed by atoms with Crippen LogP contribution in [0.4, 0.5) is 13.2 Å². The quantitative estimate of drug-likeness (QED) is 0.583. The minimum Gasteiger partial charge on any atom is -0.475 e. The number of nitrogens with zero attached hydrogens (tertiary/aromatic N) is 2. The number of nitrogens with one attached hydrogen (secondary N) is 1. The monoisotopic (exact) mass is 479 g/mol. The van der Waals surface area contributed by atoms with E-state index in [4.69, 9.17) is 19.3 Å². The predicted octanol–water partition coefficient (Wildman–Crippen LogP) is 4.27. The fraction of sp³-hybridized carbons (Fsp3) is 0.318. The van der Waals surface area contributed by atoms with E-state index >= 15 is 0 Å². The molecule has 33 heavy (non-hydrogen) atoms. The van der Waals surface area contributed by atoms with Gasteiger partial charge in [-0.3, -0.25) is 9.69 Å². The molecule has 1 saturated heterocycles. The number of fused-ring (bicyclic) bond motifs is 2. The van der Waals surface area contributed by atoms with Crippen LogP contribution < -0.4 is 5.32 Å². The summed E-state index contributed by atoms with van der Waals surface area (Å²) in [5.74, 6) is -2.73. The van der Waals surface area contributed by atoms with Crippen molar-refractivity contribution in [2.24, 2.45) is 0 Å². The van der Waals surface area contributed by atoms with E-state index in [9.17, 15) is 18.0 Å². The van der Waals surface area contributed by atoms with Gasteiger partial charge in [0.1, 0.15) is 9.88 Å². The van der Waals surface area contributed by atoms with E-state index in [2.05, 4.69) is 10.2 Å². The van der Waals surface area contributed by atoms with Crippen LogP contribution in [-0.2, 0) is 16.9 Å². The highest BCUT2D eigenvalue weighted by atomic mass is 32.1. The fourth-order valence-corrected chi connectivity index (χ4v) is 5.00. The largest absolute Gasteiger partial charge is 0.490 e. The van der Waals surface area contributed by atoms with Gasteiger partial charge in [0.15, 0.2) is 0 Å². The second-order valence-corrected chi connectivity index (χ2v) is 8.81. The zero-order valence-electron chi connectivity index (χ0n) is 17.3. The second-order valence-electron chi connectivity index (χ2n) is 7.81. The molecule has 7 nitrogen and oxygen atoms in total. The van der Waals surface area contributed by atoms with Crippen LogP contribution in [0.1, 0.15) is 33.8 Å². The molecule has 4 heterocycles. The van der Waals surface area contributed by atoms with E-state index in [0.717, 1.165) is 53.6 Å². The molecule has 2 aliphatic heterocycles. The van der Waals surface area contributed by atoms with E-state index in [1.54, 1.807) is 12.5 Å². The summed E-state index contributed by atoms with van der Waals surface area (Å²) in [4.78, 5) is 29.5. The van der Waals surface area contributed by atoms with Crippen molar-refractivity contribution in [2.75, 3.05) is 13.1 Å². The molecule has 0 aliphatic carbocycles. The van der Waals surface area contributed by atoms with E-state index < -0.39 is 12.1 Å².